The molecule has 0 saturated heterocycles. The predicted molar refractivity (Wildman–Crippen MR) is 135 cm³/mol. The molecule has 0 amide bonds. The summed E-state index contributed by atoms with van der Waals surface area (Å²) in [5.41, 5.74) is 5.06. The smallest absolute Gasteiger partial charge is 0.156 e. The summed E-state index contributed by atoms with van der Waals surface area (Å²) in [6, 6.07) is 20.0. The summed E-state index contributed by atoms with van der Waals surface area (Å²) in [6.45, 7) is 5.90. The van der Waals surface area contributed by atoms with Gasteiger partial charge in [0.25, 0.3) is 0 Å². The van der Waals surface area contributed by atoms with Gasteiger partial charge < -0.3 is 10.1 Å². The van der Waals surface area contributed by atoms with Gasteiger partial charge in [0.1, 0.15) is 34.5 Å². The van der Waals surface area contributed by atoms with E-state index in [1.807, 2.05) is 75.4 Å². The molecule has 3 aromatic heterocycles. The fourth-order valence-electron chi connectivity index (χ4n) is 4.00. The number of para-hydroxylation sites is 1. The topological polar surface area (TPSA) is 102 Å². The third kappa shape index (κ3) is 4.15. The van der Waals surface area contributed by atoms with E-state index < -0.39 is 0 Å². The number of nitrogens with one attached hydrogen (secondary N) is 1. The van der Waals surface area contributed by atoms with Crippen molar-refractivity contribution < 1.29 is 4.74 Å². The summed E-state index contributed by atoms with van der Waals surface area (Å²) in [7, 11) is 1.62. The highest BCUT2D eigenvalue weighted by atomic mass is 16.5. The van der Waals surface area contributed by atoms with E-state index in [-0.39, 0.29) is 0 Å². The van der Waals surface area contributed by atoms with E-state index in [0.29, 0.717) is 34.6 Å². The average molecular weight is 462 g/mol. The van der Waals surface area contributed by atoms with E-state index in [0.717, 1.165) is 27.7 Å². The fourth-order valence-corrected chi connectivity index (χ4v) is 4.00. The van der Waals surface area contributed by atoms with Gasteiger partial charge in [-0.3, -0.25) is 0 Å². The van der Waals surface area contributed by atoms with Gasteiger partial charge >= 0.3 is 0 Å². The summed E-state index contributed by atoms with van der Waals surface area (Å²) < 4.78 is 7.14. The Morgan fingerprint density at radius 1 is 0.971 bits per heavy atom. The number of rotatable bonds is 5. The van der Waals surface area contributed by atoms with Gasteiger partial charge in [0, 0.05) is 17.0 Å². The van der Waals surface area contributed by atoms with Crippen molar-refractivity contribution in [1.82, 2.24) is 24.7 Å². The van der Waals surface area contributed by atoms with Gasteiger partial charge in [-0.05, 0) is 38.5 Å². The largest absolute Gasteiger partial charge is 0.494 e. The minimum absolute atomic E-state index is 0.373. The maximum absolute atomic E-state index is 9.76. The normalized spacial score (nSPS) is 10.8. The Balaban J connectivity index is 1.61. The molecule has 0 bridgehead atoms. The number of methoxy groups -OCH3 is 1. The molecule has 0 unspecified atom stereocenters. The molecule has 8 heteroatoms. The zero-order valence-electron chi connectivity index (χ0n) is 19.9. The van der Waals surface area contributed by atoms with Crippen LogP contribution >= 0.6 is 0 Å². The van der Waals surface area contributed by atoms with Crippen LogP contribution in [0.1, 0.15) is 22.5 Å². The van der Waals surface area contributed by atoms with Gasteiger partial charge in [-0.15, -0.1) is 0 Å². The number of pyridine rings is 1. The zero-order valence-corrected chi connectivity index (χ0v) is 19.9. The first kappa shape index (κ1) is 22.0. The SMILES string of the molecule is COc1cccc2c(C)cc(-n3ncc(C#N)c3Nc3cc(-c4ccc(C)cc4)nc(C)n3)nc12. The molecule has 1 N–H and O–H groups in total. The molecule has 3 heterocycles. The number of benzene rings is 2. The Hall–Kier alpha value is -4.77. The Bertz CT molecular complexity index is 1600. The Kier molecular flexibility index (Phi) is 5.59. The molecule has 8 nitrogen and oxygen atoms in total. The predicted octanol–water partition coefficient (Wildman–Crippen LogP) is 5.43. The van der Waals surface area contributed by atoms with Gasteiger partial charge in [-0.2, -0.15) is 15.0 Å². The van der Waals surface area contributed by atoms with Crippen LogP contribution in [0.3, 0.4) is 0 Å². The summed E-state index contributed by atoms with van der Waals surface area (Å²) in [4.78, 5) is 13.9. The lowest BCUT2D eigenvalue weighted by atomic mass is 10.1. The van der Waals surface area contributed by atoms with E-state index in [4.69, 9.17) is 9.72 Å². The summed E-state index contributed by atoms with van der Waals surface area (Å²) in [5, 5.41) is 18.5. The quantitative estimate of drug-likeness (QED) is 0.372. The highest BCUT2D eigenvalue weighted by molar-refractivity contribution is 5.88. The molecule has 5 rings (SSSR count). The molecule has 0 fully saturated rings. The number of aromatic nitrogens is 5. The molecule has 35 heavy (non-hydrogen) atoms. The molecule has 0 radical (unpaired) electrons. The van der Waals surface area contributed by atoms with Gasteiger partial charge in [0.15, 0.2) is 11.6 Å². The number of aryl methyl sites for hydroxylation is 3. The minimum Gasteiger partial charge on any atom is -0.494 e. The number of nitriles is 1. The summed E-state index contributed by atoms with van der Waals surface area (Å²) in [6.07, 6.45) is 1.51. The Labute approximate surface area is 202 Å². The fraction of sp³-hybridized carbons (Fsp3) is 0.148. The molecular formula is C27H23N7O. The van der Waals surface area contributed by atoms with Gasteiger partial charge in [0.2, 0.25) is 0 Å². The van der Waals surface area contributed by atoms with Crippen LogP contribution in [0.4, 0.5) is 11.6 Å². The molecule has 0 saturated carbocycles. The average Bonchev–Trinajstić information content (AvgIpc) is 3.26. The first-order chi connectivity index (χ1) is 17.0. The molecule has 0 aliphatic carbocycles. The van der Waals surface area contributed by atoms with Crippen LogP contribution in [0.25, 0.3) is 28.0 Å². The minimum atomic E-state index is 0.373. The molecule has 172 valence electrons. The number of fused-ring (bicyclic) bond motifs is 1. The summed E-state index contributed by atoms with van der Waals surface area (Å²) in [5.74, 6) is 2.87. The van der Waals surface area contributed by atoms with Crippen LogP contribution < -0.4 is 10.1 Å². The number of nitrogens with zero attached hydrogens (tertiary/aromatic N) is 6. The second kappa shape index (κ2) is 8.88. The van der Waals surface area contributed by atoms with Crippen molar-refractivity contribution in [1.29, 1.82) is 5.26 Å². The molecule has 0 aliphatic heterocycles. The third-order valence-electron chi connectivity index (χ3n) is 5.75. The standard InChI is InChI=1S/C27H23N7O/c1-16-8-10-19(11-9-16)22-13-24(31-18(3)30-22)32-27-20(14-28)15-29-34(27)25-12-17(2)21-6-5-7-23(35-4)26(21)33-25/h5-13,15H,1-4H3,(H,30,31,32). The van der Waals surface area contributed by atoms with Gasteiger partial charge in [-0.25, -0.2) is 15.0 Å². The van der Waals surface area contributed by atoms with E-state index in [1.54, 1.807) is 11.8 Å². The van der Waals surface area contributed by atoms with Crippen molar-refractivity contribution in [3.8, 4) is 28.9 Å². The lowest BCUT2D eigenvalue weighted by molar-refractivity contribution is 0.419. The Morgan fingerprint density at radius 3 is 2.51 bits per heavy atom. The second-order valence-corrected chi connectivity index (χ2v) is 8.26. The van der Waals surface area contributed by atoms with Crippen molar-refractivity contribution >= 4 is 22.5 Å². The van der Waals surface area contributed by atoms with Crippen molar-refractivity contribution in [2.45, 2.75) is 20.8 Å². The maximum atomic E-state index is 9.76. The number of hydrogen-bond acceptors (Lipinski definition) is 7. The third-order valence-corrected chi connectivity index (χ3v) is 5.75. The molecule has 0 spiro atoms. The van der Waals surface area contributed by atoms with Crippen molar-refractivity contribution in [3.63, 3.8) is 0 Å². The molecule has 5 aromatic rings. The van der Waals surface area contributed by atoms with E-state index in [1.165, 1.54) is 11.8 Å². The van der Waals surface area contributed by atoms with Gasteiger partial charge in [-0.1, -0.05) is 42.0 Å². The molecule has 0 aliphatic rings. The van der Waals surface area contributed by atoms with E-state index in [9.17, 15) is 5.26 Å². The second-order valence-electron chi connectivity index (χ2n) is 8.26. The lowest BCUT2D eigenvalue weighted by Crippen LogP contribution is -2.08. The monoisotopic (exact) mass is 461 g/mol. The summed E-state index contributed by atoms with van der Waals surface area (Å²) >= 11 is 0. The van der Waals surface area contributed by atoms with Crippen LogP contribution in [0.5, 0.6) is 5.75 Å². The van der Waals surface area contributed by atoms with Crippen molar-refractivity contribution in [2.75, 3.05) is 12.4 Å². The number of ether oxygens (including phenoxy) is 1. The molecule has 2 aromatic carbocycles. The first-order valence-corrected chi connectivity index (χ1v) is 11.1. The zero-order chi connectivity index (χ0) is 24.5. The van der Waals surface area contributed by atoms with Crippen LogP contribution in [0.15, 0.2) is 60.8 Å². The lowest BCUT2D eigenvalue weighted by Gasteiger charge is -2.13. The number of hydrogen-bond donors (Lipinski definition) is 1. The molecular weight excluding hydrogens is 438 g/mol. The van der Waals surface area contributed by atoms with Crippen molar-refractivity contribution in [2.24, 2.45) is 0 Å². The van der Waals surface area contributed by atoms with E-state index in [2.05, 4.69) is 26.5 Å². The highest BCUT2D eigenvalue weighted by Gasteiger charge is 2.17. The Morgan fingerprint density at radius 2 is 1.77 bits per heavy atom. The van der Waals surface area contributed by atoms with Crippen LogP contribution in [0, 0.1) is 32.1 Å². The highest BCUT2D eigenvalue weighted by Crippen LogP contribution is 2.30. The number of anilines is 2. The van der Waals surface area contributed by atoms with E-state index >= 15 is 0 Å². The van der Waals surface area contributed by atoms with Crippen LogP contribution in [0.2, 0.25) is 0 Å². The maximum Gasteiger partial charge on any atom is 0.156 e. The van der Waals surface area contributed by atoms with Crippen LogP contribution in [-0.2, 0) is 0 Å². The molecule has 0 atom stereocenters. The van der Waals surface area contributed by atoms with Crippen molar-refractivity contribution in [3.05, 3.63) is 83.3 Å². The van der Waals surface area contributed by atoms with Crippen LogP contribution in [-0.4, -0.2) is 31.8 Å². The first-order valence-electron chi connectivity index (χ1n) is 11.1. The van der Waals surface area contributed by atoms with Gasteiger partial charge in [0.05, 0.1) is 19.0 Å².